The summed E-state index contributed by atoms with van der Waals surface area (Å²) < 4.78 is 0. The first-order valence-corrected chi connectivity index (χ1v) is 5.84. The molecule has 0 aromatic heterocycles. The predicted molar refractivity (Wildman–Crippen MR) is 64.1 cm³/mol. The van der Waals surface area contributed by atoms with E-state index in [0.29, 0.717) is 6.54 Å². The molecule has 0 radical (unpaired) electrons. The highest BCUT2D eigenvalue weighted by Crippen LogP contribution is 2.25. The zero-order valence-electron chi connectivity index (χ0n) is 10.4. The Hall–Kier alpha value is -0.870. The van der Waals surface area contributed by atoms with Crippen LogP contribution in [0.25, 0.3) is 0 Å². The van der Waals surface area contributed by atoms with Crippen LogP contribution >= 0.6 is 0 Å². The minimum Gasteiger partial charge on any atom is -0.391 e. The highest BCUT2D eigenvalue weighted by atomic mass is 16.3. The lowest BCUT2D eigenvalue weighted by molar-refractivity contribution is -0.129. The normalized spacial score (nSPS) is 27.2. The van der Waals surface area contributed by atoms with Crippen LogP contribution in [-0.4, -0.2) is 59.1 Å². The second kappa shape index (κ2) is 5.46. The summed E-state index contributed by atoms with van der Waals surface area (Å²) in [6.07, 6.45) is 1.73. The van der Waals surface area contributed by atoms with Crippen LogP contribution in [0.1, 0.15) is 20.3 Å². The molecule has 1 saturated heterocycles. The van der Waals surface area contributed by atoms with Crippen LogP contribution in [0.2, 0.25) is 0 Å². The lowest BCUT2D eigenvalue weighted by Crippen LogP contribution is -2.50. The molecular weight excluding hydrogens is 204 g/mol. The topological polar surface area (TPSA) is 43.8 Å². The third kappa shape index (κ3) is 2.44. The second-order valence-corrected chi connectivity index (χ2v) is 4.40. The minimum absolute atomic E-state index is 0.0853. The van der Waals surface area contributed by atoms with Crippen LogP contribution in [0.15, 0.2) is 12.7 Å². The molecule has 1 fully saturated rings. The fourth-order valence-corrected chi connectivity index (χ4v) is 2.47. The highest BCUT2D eigenvalue weighted by Gasteiger charge is 2.40. The lowest BCUT2D eigenvalue weighted by Gasteiger charge is -2.34. The van der Waals surface area contributed by atoms with Crippen LogP contribution in [-0.2, 0) is 4.79 Å². The van der Waals surface area contributed by atoms with Gasteiger partial charge in [-0.05, 0) is 33.0 Å². The van der Waals surface area contributed by atoms with Crippen molar-refractivity contribution in [1.29, 1.82) is 0 Å². The fourth-order valence-electron chi connectivity index (χ4n) is 2.47. The van der Waals surface area contributed by atoms with E-state index in [-0.39, 0.29) is 18.0 Å². The quantitative estimate of drug-likeness (QED) is 0.709. The number of rotatable bonds is 4. The van der Waals surface area contributed by atoms with E-state index in [9.17, 15) is 9.90 Å². The Balaban J connectivity index is 2.84. The molecule has 1 rings (SSSR count). The number of hydrogen-bond acceptors (Lipinski definition) is 3. The summed E-state index contributed by atoms with van der Waals surface area (Å²) in [5.74, 6) is -0.0853. The molecule has 1 aliphatic heterocycles. The molecule has 0 saturated carbocycles. The number of hydrogen-bond donors (Lipinski definition) is 1. The van der Waals surface area contributed by atoms with E-state index in [1.54, 1.807) is 11.8 Å². The van der Waals surface area contributed by atoms with Gasteiger partial charge < -0.3 is 14.9 Å². The third-order valence-electron chi connectivity index (χ3n) is 3.44. The van der Waals surface area contributed by atoms with E-state index in [2.05, 4.69) is 18.4 Å². The summed E-state index contributed by atoms with van der Waals surface area (Å²) in [4.78, 5) is 15.6. The van der Waals surface area contributed by atoms with Gasteiger partial charge in [0.1, 0.15) is 0 Å². The smallest absolute Gasteiger partial charge is 0.246 e. The fraction of sp³-hybridized carbons (Fsp3) is 0.750. The maximum atomic E-state index is 11.7. The monoisotopic (exact) mass is 226 g/mol. The van der Waals surface area contributed by atoms with E-state index in [0.717, 1.165) is 13.0 Å². The molecule has 16 heavy (non-hydrogen) atoms. The molecule has 1 heterocycles. The number of likely N-dealkylation sites (N-methyl/N-ethyl adjacent to an activating group) is 1. The molecule has 4 heteroatoms. The molecule has 3 atom stereocenters. The largest absolute Gasteiger partial charge is 0.391 e. The van der Waals surface area contributed by atoms with Gasteiger partial charge >= 0.3 is 0 Å². The Labute approximate surface area is 97.5 Å². The summed E-state index contributed by atoms with van der Waals surface area (Å²) in [6.45, 7) is 8.95. The number of carbonyl (C=O) groups excluding carboxylic acids is 1. The van der Waals surface area contributed by atoms with E-state index < -0.39 is 6.10 Å². The standard InChI is InChI=1S/C12H22N2O2/c1-5-11(16)14-8-7-10(13(4)6-2)12(14)9(3)15/h5,9-10,12,15H,1,6-8H2,2-4H3. The minimum atomic E-state index is -0.509. The molecule has 0 aliphatic carbocycles. The molecule has 1 N–H and O–H groups in total. The van der Waals surface area contributed by atoms with Crippen molar-refractivity contribution in [3.63, 3.8) is 0 Å². The zero-order valence-corrected chi connectivity index (χ0v) is 10.4. The SMILES string of the molecule is C=CC(=O)N1CCC(N(C)CC)C1C(C)O. The molecule has 0 aromatic carbocycles. The third-order valence-corrected chi connectivity index (χ3v) is 3.44. The van der Waals surface area contributed by atoms with Crippen LogP contribution < -0.4 is 0 Å². The molecule has 1 amide bonds. The Morgan fingerprint density at radius 2 is 2.38 bits per heavy atom. The number of aliphatic hydroxyl groups excluding tert-OH is 1. The predicted octanol–water partition coefficient (Wildman–Crippen LogP) is 0.474. The van der Waals surface area contributed by atoms with Crippen LogP contribution in [0.4, 0.5) is 0 Å². The van der Waals surface area contributed by atoms with Crippen molar-refractivity contribution >= 4 is 5.91 Å². The van der Waals surface area contributed by atoms with Crippen LogP contribution in [0, 0.1) is 0 Å². The first kappa shape index (κ1) is 13.2. The van der Waals surface area contributed by atoms with E-state index in [1.165, 1.54) is 6.08 Å². The van der Waals surface area contributed by atoms with Crippen LogP contribution in [0.5, 0.6) is 0 Å². The van der Waals surface area contributed by atoms with Crippen LogP contribution in [0.3, 0.4) is 0 Å². The van der Waals surface area contributed by atoms with Crippen molar-refractivity contribution in [3.05, 3.63) is 12.7 Å². The highest BCUT2D eigenvalue weighted by molar-refractivity contribution is 5.87. The first-order chi connectivity index (χ1) is 7.52. The maximum Gasteiger partial charge on any atom is 0.246 e. The van der Waals surface area contributed by atoms with Gasteiger partial charge in [-0.15, -0.1) is 0 Å². The van der Waals surface area contributed by atoms with Gasteiger partial charge in [0.05, 0.1) is 12.1 Å². The van der Waals surface area contributed by atoms with Crippen molar-refractivity contribution in [2.45, 2.75) is 38.5 Å². The summed E-state index contributed by atoms with van der Waals surface area (Å²) in [7, 11) is 2.03. The van der Waals surface area contributed by atoms with Crippen molar-refractivity contribution in [2.75, 3.05) is 20.1 Å². The molecule has 3 unspecified atom stereocenters. The molecule has 4 nitrogen and oxygen atoms in total. The summed E-state index contributed by atoms with van der Waals surface area (Å²) in [5, 5.41) is 9.83. The average Bonchev–Trinajstić information content (AvgIpc) is 2.71. The van der Waals surface area contributed by atoms with Gasteiger partial charge in [-0.2, -0.15) is 0 Å². The molecular formula is C12H22N2O2. The van der Waals surface area contributed by atoms with Gasteiger partial charge in [-0.25, -0.2) is 0 Å². The number of aliphatic hydroxyl groups is 1. The summed E-state index contributed by atoms with van der Waals surface area (Å²) in [6, 6.07) is 0.129. The van der Waals surface area contributed by atoms with Gasteiger partial charge in [0.25, 0.3) is 0 Å². The summed E-state index contributed by atoms with van der Waals surface area (Å²) >= 11 is 0. The lowest BCUT2D eigenvalue weighted by atomic mass is 10.0. The molecule has 0 spiro atoms. The van der Waals surface area contributed by atoms with Crippen molar-refractivity contribution in [1.82, 2.24) is 9.80 Å². The second-order valence-electron chi connectivity index (χ2n) is 4.40. The first-order valence-electron chi connectivity index (χ1n) is 5.84. The average molecular weight is 226 g/mol. The maximum absolute atomic E-state index is 11.7. The Morgan fingerprint density at radius 1 is 1.75 bits per heavy atom. The van der Waals surface area contributed by atoms with E-state index >= 15 is 0 Å². The Morgan fingerprint density at radius 3 is 2.81 bits per heavy atom. The van der Waals surface area contributed by atoms with Gasteiger partial charge in [-0.1, -0.05) is 13.5 Å². The molecule has 92 valence electrons. The summed E-state index contributed by atoms with van der Waals surface area (Å²) in [5.41, 5.74) is 0. The molecule has 0 aromatic rings. The number of nitrogens with zero attached hydrogens (tertiary/aromatic N) is 2. The number of carbonyl (C=O) groups is 1. The van der Waals surface area contributed by atoms with Gasteiger partial charge in [0, 0.05) is 12.6 Å². The zero-order chi connectivity index (χ0) is 12.3. The number of amides is 1. The Kier molecular flexibility index (Phi) is 4.50. The molecule has 0 bridgehead atoms. The van der Waals surface area contributed by atoms with Gasteiger partial charge in [0.2, 0.25) is 5.91 Å². The van der Waals surface area contributed by atoms with E-state index in [4.69, 9.17) is 0 Å². The van der Waals surface area contributed by atoms with E-state index in [1.807, 2.05) is 7.05 Å². The van der Waals surface area contributed by atoms with Crippen molar-refractivity contribution in [3.8, 4) is 0 Å². The van der Waals surface area contributed by atoms with Gasteiger partial charge in [-0.3, -0.25) is 4.79 Å². The van der Waals surface area contributed by atoms with Gasteiger partial charge in [0.15, 0.2) is 0 Å². The van der Waals surface area contributed by atoms with Crippen molar-refractivity contribution in [2.24, 2.45) is 0 Å². The van der Waals surface area contributed by atoms with Crippen molar-refractivity contribution < 1.29 is 9.90 Å². The number of likely N-dealkylation sites (tertiary alicyclic amines) is 1. The molecule has 1 aliphatic rings. The Bertz CT molecular complexity index is 266.